The summed E-state index contributed by atoms with van der Waals surface area (Å²) >= 11 is 0. The quantitative estimate of drug-likeness (QED) is 0.232. The van der Waals surface area contributed by atoms with E-state index in [1.54, 1.807) is 6.07 Å². The van der Waals surface area contributed by atoms with E-state index < -0.39 is 34.1 Å². The molecule has 1 fully saturated rings. The van der Waals surface area contributed by atoms with E-state index in [1.807, 2.05) is 6.92 Å². The number of hydrogen-bond acceptors (Lipinski definition) is 5. The number of fused-ring (bicyclic) bond motifs is 1. The number of aromatic nitrogens is 2. The van der Waals surface area contributed by atoms with Crippen LogP contribution in [0.2, 0.25) is 0 Å². The van der Waals surface area contributed by atoms with Crippen molar-refractivity contribution in [1.82, 2.24) is 9.55 Å². The second-order valence-corrected chi connectivity index (χ2v) is 8.69. The van der Waals surface area contributed by atoms with Crippen LogP contribution < -0.4 is 0 Å². The van der Waals surface area contributed by atoms with Gasteiger partial charge in [0.1, 0.15) is 17.0 Å². The number of furan rings is 1. The van der Waals surface area contributed by atoms with E-state index in [1.165, 1.54) is 34.9 Å². The molecule has 2 aromatic heterocycles. The number of aromatic carboxylic acids is 1. The van der Waals surface area contributed by atoms with Crippen LogP contribution in [0.3, 0.4) is 0 Å². The van der Waals surface area contributed by atoms with Gasteiger partial charge < -0.3 is 14.1 Å². The van der Waals surface area contributed by atoms with E-state index in [0.29, 0.717) is 23.5 Å². The van der Waals surface area contributed by atoms with Crippen LogP contribution >= 0.6 is 0 Å². The molecule has 1 N–H and O–H groups in total. The smallest absolute Gasteiger partial charge is 0.420 e. The first-order valence-electron chi connectivity index (χ1n) is 11.3. The molecule has 2 aromatic carbocycles. The highest BCUT2D eigenvalue weighted by Crippen LogP contribution is 2.46. The summed E-state index contributed by atoms with van der Waals surface area (Å²) in [4.78, 5) is 27.3. The minimum absolute atomic E-state index is 0.00373. The number of aryl methyl sites for hydroxylation is 1. The van der Waals surface area contributed by atoms with Crippen molar-refractivity contribution >= 4 is 22.6 Å². The summed E-state index contributed by atoms with van der Waals surface area (Å²) in [7, 11) is 0. The Bertz CT molecular complexity index is 1520. The Morgan fingerprint density at radius 3 is 2.58 bits per heavy atom. The number of para-hydroxylation sites is 1. The SMILES string of the molecule is CCc1nc(C2CC2)c(C(=O)O)n1Cc1ccc2oc(-c3ccccc3[N+](=O)[O-])c(C(F)(F)F)c2c1. The van der Waals surface area contributed by atoms with Crippen molar-refractivity contribution in [2.24, 2.45) is 0 Å². The maximum Gasteiger partial charge on any atom is 0.420 e. The molecule has 1 saturated carbocycles. The molecule has 0 atom stereocenters. The van der Waals surface area contributed by atoms with E-state index in [4.69, 9.17) is 4.42 Å². The third-order valence-electron chi connectivity index (χ3n) is 6.28. The Morgan fingerprint density at radius 1 is 1.25 bits per heavy atom. The average molecular weight is 499 g/mol. The van der Waals surface area contributed by atoms with Crippen LogP contribution in [0.15, 0.2) is 46.9 Å². The van der Waals surface area contributed by atoms with Crippen molar-refractivity contribution in [3.8, 4) is 11.3 Å². The van der Waals surface area contributed by atoms with Gasteiger partial charge in [-0.1, -0.05) is 25.1 Å². The van der Waals surface area contributed by atoms with Crippen molar-refractivity contribution in [3.05, 3.63) is 80.9 Å². The number of carboxylic acids is 1. The lowest BCUT2D eigenvalue weighted by atomic mass is 10.0. The Morgan fingerprint density at radius 2 is 1.97 bits per heavy atom. The van der Waals surface area contributed by atoms with Crippen LogP contribution in [0, 0.1) is 10.1 Å². The summed E-state index contributed by atoms with van der Waals surface area (Å²) in [5.74, 6) is -1.15. The monoisotopic (exact) mass is 499 g/mol. The van der Waals surface area contributed by atoms with Crippen LogP contribution in [-0.4, -0.2) is 25.6 Å². The van der Waals surface area contributed by atoms with Crippen LogP contribution in [-0.2, 0) is 19.1 Å². The summed E-state index contributed by atoms with van der Waals surface area (Å²) in [5, 5.41) is 21.1. The maximum atomic E-state index is 14.3. The number of alkyl halides is 3. The molecular formula is C25H20F3N3O5. The molecule has 0 saturated heterocycles. The largest absolute Gasteiger partial charge is 0.477 e. The van der Waals surface area contributed by atoms with E-state index in [9.17, 15) is 33.2 Å². The van der Waals surface area contributed by atoms with Gasteiger partial charge in [-0.3, -0.25) is 10.1 Å². The van der Waals surface area contributed by atoms with Gasteiger partial charge in [0.25, 0.3) is 5.69 Å². The van der Waals surface area contributed by atoms with Crippen molar-refractivity contribution in [2.45, 2.75) is 44.8 Å². The van der Waals surface area contributed by atoms with Gasteiger partial charge >= 0.3 is 12.1 Å². The van der Waals surface area contributed by atoms with Crippen LogP contribution in [0.4, 0.5) is 18.9 Å². The van der Waals surface area contributed by atoms with Crippen molar-refractivity contribution in [2.75, 3.05) is 0 Å². The molecule has 0 bridgehead atoms. The first-order valence-corrected chi connectivity index (χ1v) is 11.3. The van der Waals surface area contributed by atoms with Crippen LogP contribution in [0.1, 0.15) is 58.8 Å². The highest BCUT2D eigenvalue weighted by molar-refractivity contribution is 5.91. The third kappa shape index (κ3) is 4.00. The Balaban J connectivity index is 1.67. The number of nitro groups is 1. The van der Waals surface area contributed by atoms with E-state index >= 15 is 0 Å². The zero-order valence-electron chi connectivity index (χ0n) is 19.0. The van der Waals surface area contributed by atoms with Gasteiger partial charge in [-0.25, -0.2) is 9.78 Å². The summed E-state index contributed by atoms with van der Waals surface area (Å²) in [5.41, 5.74) is -1.01. The molecule has 0 unspecified atom stereocenters. The fourth-order valence-electron chi connectivity index (χ4n) is 4.55. The second-order valence-electron chi connectivity index (χ2n) is 8.69. The molecule has 5 rings (SSSR count). The highest BCUT2D eigenvalue weighted by atomic mass is 19.4. The lowest BCUT2D eigenvalue weighted by molar-refractivity contribution is -0.384. The molecule has 4 aromatic rings. The first kappa shape index (κ1) is 23.6. The van der Waals surface area contributed by atoms with Gasteiger partial charge in [0.15, 0.2) is 11.5 Å². The standard InChI is InChI=1S/C25H20F3N3O5/c1-2-19-29-21(14-8-9-14)22(24(32)33)30(19)12-13-7-10-18-16(11-13)20(25(26,27)28)23(36-18)15-5-3-4-6-17(15)31(34)35/h3-7,10-11,14H,2,8-9,12H2,1H3,(H,32,33). The minimum Gasteiger partial charge on any atom is -0.477 e. The first-order chi connectivity index (χ1) is 17.1. The molecular weight excluding hydrogens is 479 g/mol. The fourth-order valence-corrected chi connectivity index (χ4v) is 4.55. The Hall–Kier alpha value is -4.15. The molecule has 2 heterocycles. The van der Waals surface area contributed by atoms with Gasteiger partial charge in [-0.05, 0) is 36.6 Å². The second kappa shape index (κ2) is 8.51. The van der Waals surface area contributed by atoms with Crippen molar-refractivity contribution < 1.29 is 32.4 Å². The van der Waals surface area contributed by atoms with Gasteiger partial charge in [0.05, 0.1) is 16.2 Å². The third-order valence-corrected chi connectivity index (χ3v) is 6.28. The van der Waals surface area contributed by atoms with E-state index in [0.717, 1.165) is 18.9 Å². The van der Waals surface area contributed by atoms with Crippen LogP contribution in [0.25, 0.3) is 22.3 Å². The zero-order valence-corrected chi connectivity index (χ0v) is 19.0. The number of carboxylic acid groups (broad SMARTS) is 1. The molecule has 0 amide bonds. The Kier molecular flexibility index (Phi) is 5.57. The average Bonchev–Trinajstić information content (AvgIpc) is 3.49. The van der Waals surface area contributed by atoms with Crippen LogP contribution in [0.5, 0.6) is 0 Å². The predicted octanol–water partition coefficient (Wildman–Crippen LogP) is 6.41. The lowest BCUT2D eigenvalue weighted by Gasteiger charge is -2.11. The molecule has 186 valence electrons. The van der Waals surface area contributed by atoms with Crippen molar-refractivity contribution in [3.63, 3.8) is 0 Å². The molecule has 1 aliphatic carbocycles. The van der Waals surface area contributed by atoms with Gasteiger partial charge in [-0.2, -0.15) is 13.2 Å². The maximum absolute atomic E-state index is 14.3. The molecule has 8 nitrogen and oxygen atoms in total. The number of imidazole rings is 1. The molecule has 1 aliphatic rings. The zero-order chi connectivity index (χ0) is 25.8. The van der Waals surface area contributed by atoms with Crippen molar-refractivity contribution in [1.29, 1.82) is 0 Å². The number of hydrogen-bond donors (Lipinski definition) is 1. The number of rotatable bonds is 7. The fraction of sp³-hybridized carbons (Fsp3) is 0.280. The minimum atomic E-state index is -4.86. The molecule has 0 aliphatic heterocycles. The normalized spacial score (nSPS) is 13.9. The molecule has 0 spiro atoms. The number of nitrogens with zero attached hydrogens (tertiary/aromatic N) is 3. The topological polar surface area (TPSA) is 111 Å². The molecule has 36 heavy (non-hydrogen) atoms. The van der Waals surface area contributed by atoms with Gasteiger partial charge in [-0.15, -0.1) is 0 Å². The summed E-state index contributed by atoms with van der Waals surface area (Å²) in [6.07, 6.45) is -2.70. The Labute approximate surface area is 202 Å². The van der Waals surface area contributed by atoms with Gasteiger partial charge in [0.2, 0.25) is 0 Å². The number of nitro benzene ring substituents is 1. The highest BCUT2D eigenvalue weighted by Gasteiger charge is 2.40. The summed E-state index contributed by atoms with van der Waals surface area (Å²) in [6, 6.07) is 9.30. The number of carbonyl (C=O) groups is 1. The molecule has 0 radical (unpaired) electrons. The predicted molar refractivity (Wildman–Crippen MR) is 123 cm³/mol. The number of benzene rings is 2. The summed E-state index contributed by atoms with van der Waals surface area (Å²) < 4.78 is 49.8. The lowest BCUT2D eigenvalue weighted by Crippen LogP contribution is -2.13. The summed E-state index contributed by atoms with van der Waals surface area (Å²) in [6.45, 7) is 1.84. The molecule has 11 heteroatoms. The number of halogens is 3. The van der Waals surface area contributed by atoms with E-state index in [2.05, 4.69) is 4.98 Å². The van der Waals surface area contributed by atoms with Gasteiger partial charge in [0, 0.05) is 30.3 Å². The van der Waals surface area contributed by atoms with E-state index in [-0.39, 0.29) is 34.7 Å².